The zero-order chi connectivity index (χ0) is 15.8. The van der Waals surface area contributed by atoms with E-state index in [1.807, 2.05) is 6.92 Å². The summed E-state index contributed by atoms with van der Waals surface area (Å²) in [5.74, 6) is 0.479. The molecule has 0 bridgehead atoms. The average Bonchev–Trinajstić information content (AvgIpc) is 2.47. The van der Waals surface area contributed by atoms with Crippen LogP contribution in [0.5, 0.6) is 0 Å². The lowest BCUT2D eigenvalue weighted by molar-refractivity contribution is -0.145. The summed E-state index contributed by atoms with van der Waals surface area (Å²) in [6.45, 7) is 8.26. The van der Waals surface area contributed by atoms with Crippen LogP contribution in [0.25, 0.3) is 0 Å². The number of rotatable bonds is 5. The fourth-order valence-corrected chi connectivity index (χ4v) is 3.05. The van der Waals surface area contributed by atoms with Crippen molar-refractivity contribution in [1.82, 2.24) is 0 Å². The molecule has 0 fully saturated rings. The number of ether oxygens (including phenoxy) is 1. The van der Waals surface area contributed by atoms with Crippen molar-refractivity contribution in [2.24, 2.45) is 5.92 Å². The van der Waals surface area contributed by atoms with Crippen molar-refractivity contribution in [1.29, 1.82) is 0 Å². The minimum absolute atomic E-state index is 0.0227. The summed E-state index contributed by atoms with van der Waals surface area (Å²) in [5.41, 5.74) is 1.92. The third-order valence-corrected chi connectivity index (χ3v) is 4.21. The summed E-state index contributed by atoms with van der Waals surface area (Å²) in [6, 6.07) is 0. The van der Waals surface area contributed by atoms with E-state index in [0.29, 0.717) is 31.0 Å². The largest absolute Gasteiger partial charge is 0.459 e. The molecule has 0 aliphatic heterocycles. The Morgan fingerprint density at radius 1 is 1.29 bits per heavy atom. The van der Waals surface area contributed by atoms with Gasteiger partial charge in [0.2, 0.25) is 0 Å². The highest BCUT2D eigenvalue weighted by molar-refractivity contribution is 5.89. The van der Waals surface area contributed by atoms with Crippen molar-refractivity contribution in [3.05, 3.63) is 11.1 Å². The van der Waals surface area contributed by atoms with Gasteiger partial charge in [-0.25, -0.2) is 4.79 Å². The molecule has 1 aliphatic rings. The maximum absolute atomic E-state index is 12.5. The van der Waals surface area contributed by atoms with Crippen LogP contribution in [-0.2, 0) is 14.3 Å². The van der Waals surface area contributed by atoms with Gasteiger partial charge in [0.05, 0.1) is 0 Å². The molecule has 2 atom stereocenters. The van der Waals surface area contributed by atoms with E-state index in [0.717, 1.165) is 43.3 Å². The number of Topliss-reactive ketones (excluding diaryl/α,β-unsaturated/α-hetero) is 1. The number of ketones is 1. The highest BCUT2D eigenvalue weighted by Gasteiger charge is 2.22. The zero-order valence-electron chi connectivity index (χ0n) is 14.0. The van der Waals surface area contributed by atoms with Crippen LogP contribution in [0.1, 0.15) is 79.1 Å². The Morgan fingerprint density at radius 3 is 2.62 bits per heavy atom. The molecule has 0 aromatic rings. The monoisotopic (exact) mass is 294 g/mol. The van der Waals surface area contributed by atoms with Gasteiger partial charge < -0.3 is 4.74 Å². The van der Waals surface area contributed by atoms with Gasteiger partial charge in [-0.2, -0.15) is 0 Å². The molecule has 21 heavy (non-hydrogen) atoms. The molecule has 0 spiro atoms. The smallest absolute Gasteiger partial charge is 0.334 e. The number of allylic oxidation sites excluding steroid dienone is 1. The van der Waals surface area contributed by atoms with Crippen LogP contribution < -0.4 is 0 Å². The van der Waals surface area contributed by atoms with Gasteiger partial charge in [0.25, 0.3) is 0 Å². The zero-order valence-corrected chi connectivity index (χ0v) is 14.0. The van der Waals surface area contributed by atoms with E-state index in [4.69, 9.17) is 4.74 Å². The van der Waals surface area contributed by atoms with Crippen LogP contribution >= 0.6 is 0 Å². The lowest BCUT2D eigenvalue weighted by Gasteiger charge is -2.18. The first-order valence-electron chi connectivity index (χ1n) is 8.39. The van der Waals surface area contributed by atoms with E-state index in [1.165, 1.54) is 0 Å². The summed E-state index contributed by atoms with van der Waals surface area (Å²) in [7, 11) is 0. The third kappa shape index (κ3) is 6.03. The Labute approximate surface area is 129 Å². The summed E-state index contributed by atoms with van der Waals surface area (Å²) in [5, 5.41) is 0. The van der Waals surface area contributed by atoms with Crippen molar-refractivity contribution in [2.45, 2.75) is 85.2 Å². The molecule has 0 saturated carbocycles. The van der Waals surface area contributed by atoms with Gasteiger partial charge in [-0.15, -0.1) is 0 Å². The molecule has 0 aromatic carbocycles. The maximum atomic E-state index is 12.5. The number of hydrogen-bond donors (Lipinski definition) is 0. The number of hydrogen-bond acceptors (Lipinski definition) is 3. The SMILES string of the molecule is CCC[C@H](CC)OC(=O)C1=C(C)CC(C)CC(=O)CCC1. The molecule has 0 saturated heterocycles. The van der Waals surface area contributed by atoms with E-state index < -0.39 is 0 Å². The van der Waals surface area contributed by atoms with Crippen molar-refractivity contribution in [2.75, 3.05) is 0 Å². The molecule has 0 aromatic heterocycles. The molecule has 0 N–H and O–H groups in total. The second kappa shape index (κ2) is 9.01. The van der Waals surface area contributed by atoms with Crippen LogP contribution in [0.3, 0.4) is 0 Å². The van der Waals surface area contributed by atoms with Crippen molar-refractivity contribution < 1.29 is 14.3 Å². The predicted molar refractivity (Wildman–Crippen MR) is 85.0 cm³/mol. The molecule has 1 aliphatic carbocycles. The van der Waals surface area contributed by atoms with Crippen LogP contribution in [0.2, 0.25) is 0 Å². The number of carbonyl (C=O) groups excluding carboxylic acids is 2. The van der Waals surface area contributed by atoms with E-state index >= 15 is 0 Å². The first kappa shape index (κ1) is 17.9. The Morgan fingerprint density at radius 2 is 2.00 bits per heavy atom. The minimum atomic E-state index is -0.158. The van der Waals surface area contributed by atoms with E-state index in [1.54, 1.807) is 0 Å². The van der Waals surface area contributed by atoms with E-state index in [9.17, 15) is 9.59 Å². The Hall–Kier alpha value is -1.12. The highest BCUT2D eigenvalue weighted by atomic mass is 16.5. The summed E-state index contributed by atoms with van der Waals surface area (Å²) in [4.78, 5) is 24.2. The normalized spacial score (nSPS) is 22.3. The topological polar surface area (TPSA) is 43.4 Å². The Kier molecular flexibility index (Phi) is 7.69. The number of esters is 1. The quantitative estimate of drug-likeness (QED) is 0.696. The summed E-state index contributed by atoms with van der Waals surface area (Å²) in [6.07, 6.45) is 6.30. The molecule has 0 heterocycles. The second-order valence-electron chi connectivity index (χ2n) is 6.39. The Bertz CT molecular complexity index is 395. The standard InChI is InChI=1S/C18H30O3/c1-5-8-16(6-2)21-18(20)17-10-7-9-15(19)12-13(3)11-14(17)4/h13,16H,5-12H2,1-4H3/t13?,16-/m0/s1. The fraction of sp³-hybridized carbons (Fsp3) is 0.778. The Balaban J connectivity index is 2.80. The molecule has 0 amide bonds. The van der Waals surface area contributed by atoms with Crippen LogP contribution in [-0.4, -0.2) is 17.9 Å². The van der Waals surface area contributed by atoms with Crippen LogP contribution in [0.15, 0.2) is 11.1 Å². The first-order chi connectivity index (χ1) is 9.97. The highest BCUT2D eigenvalue weighted by Crippen LogP contribution is 2.26. The van der Waals surface area contributed by atoms with Crippen LogP contribution in [0.4, 0.5) is 0 Å². The number of carbonyl (C=O) groups is 2. The first-order valence-corrected chi connectivity index (χ1v) is 8.39. The molecular formula is C18H30O3. The third-order valence-electron chi connectivity index (χ3n) is 4.21. The second-order valence-corrected chi connectivity index (χ2v) is 6.39. The van der Waals surface area contributed by atoms with E-state index in [2.05, 4.69) is 20.8 Å². The lowest BCUT2D eigenvalue weighted by atomic mass is 9.94. The molecule has 0 radical (unpaired) electrons. The predicted octanol–water partition coefficient (Wildman–Crippen LogP) is 4.59. The van der Waals surface area contributed by atoms with Gasteiger partial charge in [0.1, 0.15) is 11.9 Å². The molecular weight excluding hydrogens is 264 g/mol. The van der Waals surface area contributed by atoms with Crippen molar-refractivity contribution in [3.8, 4) is 0 Å². The van der Waals surface area contributed by atoms with Crippen molar-refractivity contribution >= 4 is 11.8 Å². The molecule has 120 valence electrons. The van der Waals surface area contributed by atoms with Gasteiger partial charge >= 0.3 is 5.97 Å². The van der Waals surface area contributed by atoms with Gasteiger partial charge in [-0.05, 0) is 44.9 Å². The van der Waals surface area contributed by atoms with Crippen molar-refractivity contribution in [3.63, 3.8) is 0 Å². The summed E-state index contributed by atoms with van der Waals surface area (Å²) >= 11 is 0. The average molecular weight is 294 g/mol. The van der Waals surface area contributed by atoms with Gasteiger partial charge in [-0.1, -0.05) is 32.8 Å². The minimum Gasteiger partial charge on any atom is -0.459 e. The van der Waals surface area contributed by atoms with E-state index in [-0.39, 0.29) is 12.1 Å². The summed E-state index contributed by atoms with van der Waals surface area (Å²) < 4.78 is 5.67. The molecule has 3 nitrogen and oxygen atoms in total. The molecule has 1 unspecified atom stereocenters. The van der Waals surface area contributed by atoms with Crippen LogP contribution in [0, 0.1) is 5.92 Å². The van der Waals surface area contributed by atoms with Gasteiger partial charge in [0.15, 0.2) is 0 Å². The maximum Gasteiger partial charge on any atom is 0.334 e. The van der Waals surface area contributed by atoms with Gasteiger partial charge in [0, 0.05) is 18.4 Å². The fourth-order valence-electron chi connectivity index (χ4n) is 3.05. The lowest BCUT2D eigenvalue weighted by Crippen LogP contribution is -2.19. The molecule has 3 heteroatoms. The molecule has 1 rings (SSSR count). The van der Waals surface area contributed by atoms with Gasteiger partial charge in [-0.3, -0.25) is 4.79 Å².